The smallest absolute Gasteiger partial charge is 0.259 e. The Labute approximate surface area is 207 Å². The molecule has 0 saturated carbocycles. The maximum atomic E-state index is 13.9. The first-order valence-electron chi connectivity index (χ1n) is 11.0. The SMILES string of the molecule is N#CC(C#N)[C@@H](c1ccccc1)[C@H]1C(=O)N(c2nc(-c3ccccc3)cs2)N=C1c1ccccc1. The topological polar surface area (TPSA) is 93.1 Å². The van der Waals surface area contributed by atoms with E-state index in [0.717, 1.165) is 22.4 Å². The van der Waals surface area contributed by atoms with Crippen LogP contribution in [0.1, 0.15) is 17.0 Å². The molecule has 4 aromatic rings. The third kappa shape index (κ3) is 4.21. The summed E-state index contributed by atoms with van der Waals surface area (Å²) in [4.78, 5) is 18.6. The van der Waals surface area contributed by atoms with Crippen molar-refractivity contribution in [3.05, 3.63) is 108 Å². The molecule has 2 atom stereocenters. The van der Waals surface area contributed by atoms with Gasteiger partial charge in [-0.2, -0.15) is 20.6 Å². The summed E-state index contributed by atoms with van der Waals surface area (Å²) in [6, 6.07) is 32.6. The van der Waals surface area contributed by atoms with E-state index in [1.54, 1.807) is 0 Å². The molecule has 0 radical (unpaired) electrons. The second kappa shape index (κ2) is 9.72. The quantitative estimate of drug-likeness (QED) is 0.363. The van der Waals surface area contributed by atoms with Crippen molar-refractivity contribution in [3.63, 3.8) is 0 Å². The van der Waals surface area contributed by atoms with Gasteiger partial charge in [0, 0.05) is 16.9 Å². The summed E-state index contributed by atoms with van der Waals surface area (Å²) in [6.45, 7) is 0. The lowest BCUT2D eigenvalue weighted by Crippen LogP contribution is -2.35. The van der Waals surface area contributed by atoms with Crippen molar-refractivity contribution in [2.45, 2.75) is 5.92 Å². The fourth-order valence-electron chi connectivity index (χ4n) is 4.32. The van der Waals surface area contributed by atoms with Crippen LogP contribution in [0.4, 0.5) is 5.13 Å². The van der Waals surface area contributed by atoms with Crippen LogP contribution in [0, 0.1) is 34.5 Å². The fourth-order valence-corrected chi connectivity index (χ4v) is 5.11. The molecule has 0 aliphatic carbocycles. The Bertz CT molecular complexity index is 1440. The average Bonchev–Trinajstić information content (AvgIpc) is 3.54. The van der Waals surface area contributed by atoms with Gasteiger partial charge < -0.3 is 0 Å². The summed E-state index contributed by atoms with van der Waals surface area (Å²) >= 11 is 1.33. The molecule has 2 heterocycles. The third-order valence-electron chi connectivity index (χ3n) is 5.97. The largest absolute Gasteiger partial charge is 0.272 e. The minimum absolute atomic E-state index is 0.304. The molecular formula is C28H19N5OS. The molecule has 5 rings (SSSR count). The third-order valence-corrected chi connectivity index (χ3v) is 6.79. The molecule has 0 fully saturated rings. The summed E-state index contributed by atoms with van der Waals surface area (Å²) in [5.41, 5.74) is 3.74. The van der Waals surface area contributed by atoms with Crippen LogP contribution in [-0.4, -0.2) is 16.6 Å². The van der Waals surface area contributed by atoms with Gasteiger partial charge in [-0.3, -0.25) is 4.79 Å². The zero-order valence-corrected chi connectivity index (χ0v) is 19.3. The van der Waals surface area contributed by atoms with Crippen molar-refractivity contribution < 1.29 is 4.79 Å². The number of thiazole rings is 1. The molecule has 35 heavy (non-hydrogen) atoms. The number of rotatable bonds is 6. The van der Waals surface area contributed by atoms with E-state index in [-0.39, 0.29) is 5.91 Å². The number of carbonyl (C=O) groups excluding carboxylic acids is 1. The van der Waals surface area contributed by atoms with E-state index >= 15 is 0 Å². The van der Waals surface area contributed by atoms with Crippen LogP contribution in [0.5, 0.6) is 0 Å². The van der Waals surface area contributed by atoms with Crippen LogP contribution < -0.4 is 5.01 Å². The molecule has 1 amide bonds. The number of hydrazone groups is 1. The monoisotopic (exact) mass is 473 g/mol. The van der Waals surface area contributed by atoms with Crippen LogP contribution in [0.15, 0.2) is 101 Å². The summed E-state index contributed by atoms with van der Waals surface area (Å²) < 4.78 is 0. The maximum Gasteiger partial charge on any atom is 0.259 e. The van der Waals surface area contributed by atoms with E-state index in [1.165, 1.54) is 16.3 Å². The first-order chi connectivity index (χ1) is 17.2. The molecule has 7 heteroatoms. The number of carbonyl (C=O) groups is 1. The number of anilines is 1. The molecule has 0 unspecified atom stereocenters. The normalized spacial score (nSPS) is 16.0. The Morgan fingerprint density at radius 2 is 1.40 bits per heavy atom. The van der Waals surface area contributed by atoms with E-state index in [2.05, 4.69) is 17.1 Å². The van der Waals surface area contributed by atoms with E-state index in [4.69, 9.17) is 5.10 Å². The van der Waals surface area contributed by atoms with Gasteiger partial charge in [0.15, 0.2) is 0 Å². The summed E-state index contributed by atoms with van der Waals surface area (Å²) in [5.74, 6) is -2.83. The Balaban J connectivity index is 1.62. The number of hydrogen-bond donors (Lipinski definition) is 0. The second-order valence-electron chi connectivity index (χ2n) is 8.03. The molecule has 1 aliphatic rings. The van der Waals surface area contributed by atoms with Gasteiger partial charge in [-0.1, -0.05) is 91.0 Å². The molecule has 6 nitrogen and oxygen atoms in total. The van der Waals surface area contributed by atoms with Crippen molar-refractivity contribution >= 4 is 28.1 Å². The number of nitriles is 2. The molecule has 1 aliphatic heterocycles. The molecule has 168 valence electrons. The van der Waals surface area contributed by atoms with Crippen LogP contribution >= 0.6 is 11.3 Å². The highest BCUT2D eigenvalue weighted by atomic mass is 32.1. The van der Waals surface area contributed by atoms with Crippen LogP contribution in [0.2, 0.25) is 0 Å². The van der Waals surface area contributed by atoms with Crippen LogP contribution in [-0.2, 0) is 4.79 Å². The lowest BCUT2D eigenvalue weighted by Gasteiger charge is -2.25. The fraction of sp³-hybridized carbons (Fsp3) is 0.107. The lowest BCUT2D eigenvalue weighted by molar-refractivity contribution is -0.120. The summed E-state index contributed by atoms with van der Waals surface area (Å²) in [6.07, 6.45) is 0. The van der Waals surface area contributed by atoms with Gasteiger partial charge >= 0.3 is 0 Å². The van der Waals surface area contributed by atoms with Crippen LogP contribution in [0.3, 0.4) is 0 Å². The Kier molecular flexibility index (Phi) is 6.17. The van der Waals surface area contributed by atoms with Gasteiger partial charge in [0.1, 0.15) is 5.92 Å². The van der Waals surface area contributed by atoms with Crippen molar-refractivity contribution in [1.29, 1.82) is 10.5 Å². The summed E-state index contributed by atoms with van der Waals surface area (Å²) in [7, 11) is 0. The number of amides is 1. The summed E-state index contributed by atoms with van der Waals surface area (Å²) in [5, 5.41) is 28.0. The zero-order chi connectivity index (χ0) is 24.2. The molecular weight excluding hydrogens is 454 g/mol. The maximum absolute atomic E-state index is 13.9. The van der Waals surface area contributed by atoms with Crippen molar-refractivity contribution in [2.75, 3.05) is 5.01 Å². The van der Waals surface area contributed by atoms with Gasteiger partial charge in [0.2, 0.25) is 5.13 Å². The Morgan fingerprint density at radius 3 is 2.00 bits per heavy atom. The lowest BCUT2D eigenvalue weighted by atomic mass is 9.74. The standard InChI is InChI=1S/C28H19N5OS/c29-16-22(17-30)24(20-12-6-2-7-13-20)25-26(21-14-8-3-9-15-21)32-33(27(25)34)28-31-23(18-35-28)19-10-4-1-5-11-19/h1-15,18,22,24-25H/t24-,25-/m1/s1. The van der Waals surface area contributed by atoms with E-state index in [0.29, 0.717) is 10.8 Å². The second-order valence-corrected chi connectivity index (χ2v) is 8.87. The Hall–Kier alpha value is -4.59. The van der Waals surface area contributed by atoms with Gasteiger partial charge in [-0.25, -0.2) is 4.98 Å². The van der Waals surface area contributed by atoms with Gasteiger partial charge in [0.05, 0.1) is 29.5 Å². The van der Waals surface area contributed by atoms with Crippen molar-refractivity contribution in [2.24, 2.45) is 16.9 Å². The molecule has 0 saturated heterocycles. The highest BCUT2D eigenvalue weighted by molar-refractivity contribution is 7.14. The minimum atomic E-state index is -1.03. The Morgan fingerprint density at radius 1 is 0.829 bits per heavy atom. The van der Waals surface area contributed by atoms with Gasteiger partial charge in [-0.15, -0.1) is 11.3 Å². The van der Waals surface area contributed by atoms with Crippen molar-refractivity contribution in [3.8, 4) is 23.4 Å². The van der Waals surface area contributed by atoms with Crippen LogP contribution in [0.25, 0.3) is 11.3 Å². The number of nitrogens with zero attached hydrogens (tertiary/aromatic N) is 5. The van der Waals surface area contributed by atoms with E-state index < -0.39 is 17.8 Å². The zero-order valence-electron chi connectivity index (χ0n) is 18.5. The van der Waals surface area contributed by atoms with E-state index in [9.17, 15) is 15.3 Å². The molecule has 1 aromatic heterocycles. The predicted molar refractivity (Wildman–Crippen MR) is 135 cm³/mol. The number of aromatic nitrogens is 1. The molecule has 0 bridgehead atoms. The molecule has 0 N–H and O–H groups in total. The first-order valence-corrected chi connectivity index (χ1v) is 11.9. The highest BCUT2D eigenvalue weighted by Gasteiger charge is 2.47. The van der Waals surface area contributed by atoms with Gasteiger partial charge in [0.25, 0.3) is 5.91 Å². The number of hydrogen-bond acceptors (Lipinski definition) is 6. The predicted octanol–water partition coefficient (Wildman–Crippen LogP) is 5.62. The average molecular weight is 474 g/mol. The van der Waals surface area contributed by atoms with Crippen molar-refractivity contribution in [1.82, 2.24) is 4.98 Å². The highest BCUT2D eigenvalue weighted by Crippen LogP contribution is 2.41. The molecule has 3 aromatic carbocycles. The molecule has 0 spiro atoms. The number of benzene rings is 3. The first kappa shape index (κ1) is 22.2. The van der Waals surface area contributed by atoms with Gasteiger partial charge in [-0.05, 0) is 11.1 Å². The van der Waals surface area contributed by atoms with E-state index in [1.807, 2.05) is 96.4 Å². The minimum Gasteiger partial charge on any atom is -0.272 e.